The Morgan fingerprint density at radius 3 is 2.92 bits per heavy atom. The molecule has 7 nitrogen and oxygen atoms in total. The molecule has 2 amide bonds. The lowest BCUT2D eigenvalue weighted by Crippen LogP contribution is -2.47. The number of imidazole rings is 1. The summed E-state index contributed by atoms with van der Waals surface area (Å²) in [6.45, 7) is 7.31. The number of hydrogen-bond acceptors (Lipinski definition) is 4. The predicted molar refractivity (Wildman–Crippen MR) is 98.7 cm³/mol. The van der Waals surface area contributed by atoms with E-state index in [4.69, 9.17) is 9.40 Å². The summed E-state index contributed by atoms with van der Waals surface area (Å²) in [5.41, 5.74) is 2.36. The number of nitrogens with zero attached hydrogens (tertiary/aromatic N) is 4. The molecule has 136 valence electrons. The molecule has 0 aliphatic carbocycles. The number of furan rings is 1. The molecule has 1 N–H and O–H groups in total. The quantitative estimate of drug-likeness (QED) is 0.766. The van der Waals surface area contributed by atoms with Gasteiger partial charge in [0.1, 0.15) is 17.6 Å². The van der Waals surface area contributed by atoms with Crippen LogP contribution in [0.4, 0.5) is 4.79 Å². The molecular weight excluding hydrogens is 330 g/mol. The average molecular weight is 353 g/mol. The summed E-state index contributed by atoms with van der Waals surface area (Å²) in [6.07, 6.45) is 5.98. The minimum absolute atomic E-state index is 0.0257. The van der Waals surface area contributed by atoms with Gasteiger partial charge < -0.3 is 19.2 Å². The molecule has 4 heterocycles. The van der Waals surface area contributed by atoms with Crippen LogP contribution in [-0.4, -0.2) is 44.1 Å². The average Bonchev–Trinajstić information content (AvgIpc) is 3.31. The molecule has 0 saturated carbocycles. The first kappa shape index (κ1) is 16.6. The first-order valence-corrected chi connectivity index (χ1v) is 8.85. The van der Waals surface area contributed by atoms with Gasteiger partial charge in [-0.05, 0) is 45.4 Å². The molecule has 3 aromatic heterocycles. The number of rotatable bonds is 2. The number of nitrogens with one attached hydrogen (secondary N) is 1. The third-order valence-corrected chi connectivity index (χ3v) is 4.53. The normalized spacial score (nSPS) is 17.8. The van der Waals surface area contributed by atoms with E-state index in [1.165, 1.54) is 0 Å². The van der Waals surface area contributed by atoms with Gasteiger partial charge in [-0.2, -0.15) is 0 Å². The van der Waals surface area contributed by atoms with Crippen LogP contribution in [0.5, 0.6) is 0 Å². The topological polar surface area (TPSA) is 76.2 Å². The van der Waals surface area contributed by atoms with Crippen LogP contribution in [0.1, 0.15) is 33.2 Å². The summed E-state index contributed by atoms with van der Waals surface area (Å²) in [5, 5.41) is 3.04. The van der Waals surface area contributed by atoms with Crippen LogP contribution >= 0.6 is 0 Å². The highest BCUT2D eigenvalue weighted by atomic mass is 16.3. The third-order valence-electron chi connectivity index (χ3n) is 4.53. The molecule has 1 saturated heterocycles. The Morgan fingerprint density at radius 2 is 2.19 bits per heavy atom. The Kier molecular flexibility index (Phi) is 3.94. The second-order valence-electron chi connectivity index (χ2n) is 7.73. The van der Waals surface area contributed by atoms with Gasteiger partial charge in [-0.1, -0.05) is 0 Å². The summed E-state index contributed by atoms with van der Waals surface area (Å²) >= 11 is 0. The van der Waals surface area contributed by atoms with E-state index in [0.717, 1.165) is 29.0 Å². The highest BCUT2D eigenvalue weighted by Crippen LogP contribution is 2.32. The molecule has 1 aliphatic heterocycles. The molecular formula is C19H23N5O2. The largest absolute Gasteiger partial charge is 0.472 e. The second-order valence-corrected chi connectivity index (χ2v) is 7.73. The van der Waals surface area contributed by atoms with Crippen molar-refractivity contribution in [3.8, 4) is 11.4 Å². The molecule has 1 atom stereocenters. The lowest BCUT2D eigenvalue weighted by atomic mass is 10.1. The smallest absolute Gasteiger partial charge is 0.317 e. The minimum atomic E-state index is -0.250. The van der Waals surface area contributed by atoms with E-state index in [-0.39, 0.29) is 17.6 Å². The lowest BCUT2D eigenvalue weighted by molar-refractivity contribution is 0.198. The van der Waals surface area contributed by atoms with E-state index in [2.05, 4.69) is 14.9 Å². The van der Waals surface area contributed by atoms with Gasteiger partial charge in [0.2, 0.25) is 0 Å². The zero-order valence-electron chi connectivity index (χ0n) is 15.3. The summed E-state index contributed by atoms with van der Waals surface area (Å²) in [5.74, 6) is 0.829. The molecule has 0 aromatic carbocycles. The summed E-state index contributed by atoms with van der Waals surface area (Å²) in [7, 11) is 0. The van der Waals surface area contributed by atoms with Gasteiger partial charge in [0.05, 0.1) is 17.9 Å². The number of carbonyl (C=O) groups is 1. The van der Waals surface area contributed by atoms with Crippen molar-refractivity contribution < 1.29 is 9.21 Å². The Balaban J connectivity index is 1.67. The van der Waals surface area contributed by atoms with Gasteiger partial charge in [-0.25, -0.2) is 14.8 Å². The number of aromatic nitrogens is 3. The SMILES string of the molecule is CC(C)(C)NC(=O)N1CC[C@@H](n2c(-c3ccoc3)nc3cccnc32)C1. The van der Waals surface area contributed by atoms with Gasteiger partial charge >= 0.3 is 6.03 Å². The number of urea groups is 1. The fraction of sp³-hybridized carbons (Fsp3) is 0.421. The first-order valence-electron chi connectivity index (χ1n) is 8.85. The zero-order valence-corrected chi connectivity index (χ0v) is 15.3. The maximum Gasteiger partial charge on any atom is 0.317 e. The van der Waals surface area contributed by atoms with Gasteiger partial charge in [0.15, 0.2) is 5.65 Å². The van der Waals surface area contributed by atoms with Crippen LogP contribution in [0.3, 0.4) is 0 Å². The Labute approximate surface area is 152 Å². The van der Waals surface area contributed by atoms with Crippen LogP contribution in [0.15, 0.2) is 41.3 Å². The molecule has 7 heteroatoms. The Bertz CT molecular complexity index is 923. The van der Waals surface area contributed by atoms with E-state index in [1.807, 2.05) is 43.9 Å². The Morgan fingerprint density at radius 1 is 1.35 bits per heavy atom. The highest BCUT2D eigenvalue weighted by molar-refractivity contribution is 5.78. The van der Waals surface area contributed by atoms with Crippen molar-refractivity contribution in [2.75, 3.05) is 13.1 Å². The van der Waals surface area contributed by atoms with Crippen LogP contribution in [0.2, 0.25) is 0 Å². The number of carbonyl (C=O) groups excluding carboxylic acids is 1. The molecule has 0 spiro atoms. The van der Waals surface area contributed by atoms with Crippen molar-refractivity contribution in [2.45, 2.75) is 38.8 Å². The number of likely N-dealkylation sites (tertiary alicyclic amines) is 1. The molecule has 1 fully saturated rings. The van der Waals surface area contributed by atoms with E-state index < -0.39 is 0 Å². The Hall–Kier alpha value is -2.83. The van der Waals surface area contributed by atoms with Crippen molar-refractivity contribution in [1.29, 1.82) is 0 Å². The van der Waals surface area contributed by atoms with Crippen molar-refractivity contribution in [3.05, 3.63) is 36.9 Å². The highest BCUT2D eigenvalue weighted by Gasteiger charge is 2.32. The molecule has 26 heavy (non-hydrogen) atoms. The van der Waals surface area contributed by atoms with E-state index in [1.54, 1.807) is 18.7 Å². The van der Waals surface area contributed by atoms with Crippen LogP contribution in [-0.2, 0) is 0 Å². The van der Waals surface area contributed by atoms with E-state index >= 15 is 0 Å². The fourth-order valence-electron chi connectivity index (χ4n) is 3.41. The van der Waals surface area contributed by atoms with E-state index in [9.17, 15) is 4.79 Å². The van der Waals surface area contributed by atoms with Crippen LogP contribution < -0.4 is 5.32 Å². The third kappa shape index (κ3) is 3.05. The number of pyridine rings is 1. The molecule has 1 aliphatic rings. The fourth-order valence-corrected chi connectivity index (χ4v) is 3.41. The number of amides is 2. The maximum atomic E-state index is 12.5. The van der Waals surface area contributed by atoms with Gasteiger partial charge in [0, 0.05) is 24.8 Å². The second kappa shape index (κ2) is 6.16. The van der Waals surface area contributed by atoms with Crippen molar-refractivity contribution in [2.24, 2.45) is 0 Å². The van der Waals surface area contributed by atoms with Crippen LogP contribution in [0, 0.1) is 0 Å². The zero-order chi connectivity index (χ0) is 18.3. The summed E-state index contributed by atoms with van der Waals surface area (Å²) in [4.78, 5) is 23.7. The molecule has 0 radical (unpaired) electrons. The van der Waals surface area contributed by atoms with Crippen molar-refractivity contribution in [1.82, 2.24) is 24.8 Å². The lowest BCUT2D eigenvalue weighted by Gasteiger charge is -2.25. The summed E-state index contributed by atoms with van der Waals surface area (Å²) < 4.78 is 7.39. The molecule has 0 unspecified atom stereocenters. The monoisotopic (exact) mass is 353 g/mol. The van der Waals surface area contributed by atoms with Gasteiger partial charge in [-0.3, -0.25) is 0 Å². The minimum Gasteiger partial charge on any atom is -0.472 e. The van der Waals surface area contributed by atoms with Gasteiger partial charge in [-0.15, -0.1) is 0 Å². The molecule has 4 rings (SSSR count). The summed E-state index contributed by atoms with van der Waals surface area (Å²) in [6, 6.07) is 5.85. The van der Waals surface area contributed by atoms with Crippen molar-refractivity contribution >= 4 is 17.2 Å². The first-order chi connectivity index (χ1) is 12.4. The number of hydrogen-bond donors (Lipinski definition) is 1. The maximum absolute atomic E-state index is 12.5. The molecule has 0 bridgehead atoms. The molecule has 3 aromatic rings. The van der Waals surface area contributed by atoms with Crippen LogP contribution in [0.25, 0.3) is 22.6 Å². The van der Waals surface area contributed by atoms with E-state index in [0.29, 0.717) is 13.1 Å². The van der Waals surface area contributed by atoms with Crippen molar-refractivity contribution in [3.63, 3.8) is 0 Å². The van der Waals surface area contributed by atoms with Gasteiger partial charge in [0.25, 0.3) is 0 Å². The predicted octanol–water partition coefficient (Wildman–Crippen LogP) is 3.45. The number of fused-ring (bicyclic) bond motifs is 1. The standard InChI is InChI=1S/C19H23N5O2/c1-19(2,3)22-18(25)23-9-6-14(11-23)24-16(13-7-10-26-12-13)21-15-5-4-8-20-17(15)24/h4-5,7-8,10,12,14H,6,9,11H2,1-3H3,(H,22,25)/t14-/m1/s1.